The van der Waals surface area contributed by atoms with Gasteiger partial charge in [0.1, 0.15) is 12.3 Å². The number of aromatic amines is 1. The Morgan fingerprint density at radius 2 is 1.77 bits per heavy atom. The predicted molar refractivity (Wildman–Crippen MR) is 135 cm³/mol. The molecule has 6 rings (SSSR count). The molecule has 0 aliphatic carbocycles. The Hall–Kier alpha value is -4.06. The third kappa shape index (κ3) is 3.57. The molecule has 3 aromatic carbocycles. The SMILES string of the molecule is COc1cccc(-c2[nH]c3ccccc3c2[C@@H]2c3ccccc3C(=O)N2CC(=O)N2CCCC2)c1. The van der Waals surface area contributed by atoms with Gasteiger partial charge in [0.15, 0.2) is 0 Å². The number of H-pyrrole nitrogens is 1. The van der Waals surface area contributed by atoms with E-state index < -0.39 is 0 Å². The monoisotopic (exact) mass is 465 g/mol. The molecule has 4 aromatic rings. The van der Waals surface area contributed by atoms with Gasteiger partial charge in [-0.25, -0.2) is 0 Å². The fraction of sp³-hybridized carbons (Fsp3) is 0.241. The first kappa shape index (κ1) is 21.5. The number of aromatic nitrogens is 1. The maximum atomic E-state index is 13.7. The Balaban J connectivity index is 1.54. The van der Waals surface area contributed by atoms with Crippen LogP contribution in [-0.4, -0.2) is 53.3 Å². The lowest BCUT2D eigenvalue weighted by Crippen LogP contribution is -2.41. The van der Waals surface area contributed by atoms with Gasteiger partial charge in [0, 0.05) is 40.7 Å². The lowest BCUT2D eigenvalue weighted by Gasteiger charge is -2.28. The van der Waals surface area contributed by atoms with Crippen molar-refractivity contribution in [2.75, 3.05) is 26.7 Å². The smallest absolute Gasteiger partial charge is 0.255 e. The zero-order chi connectivity index (χ0) is 23.9. The van der Waals surface area contributed by atoms with Crippen LogP contribution in [0.2, 0.25) is 0 Å². The molecule has 6 nitrogen and oxygen atoms in total. The van der Waals surface area contributed by atoms with Crippen LogP contribution in [0.15, 0.2) is 72.8 Å². The number of hydrogen-bond acceptors (Lipinski definition) is 3. The number of nitrogens with one attached hydrogen (secondary N) is 1. The van der Waals surface area contributed by atoms with Crippen LogP contribution >= 0.6 is 0 Å². The number of ether oxygens (including phenoxy) is 1. The molecule has 6 heteroatoms. The molecular formula is C29H27N3O3. The van der Waals surface area contributed by atoms with Crippen molar-refractivity contribution >= 4 is 22.7 Å². The topological polar surface area (TPSA) is 65.6 Å². The maximum absolute atomic E-state index is 13.7. The summed E-state index contributed by atoms with van der Waals surface area (Å²) in [5.74, 6) is 0.674. The molecule has 0 unspecified atom stereocenters. The number of rotatable bonds is 5. The van der Waals surface area contributed by atoms with Crippen molar-refractivity contribution in [3.63, 3.8) is 0 Å². The molecule has 2 aliphatic heterocycles. The molecule has 0 radical (unpaired) electrons. The van der Waals surface area contributed by atoms with Crippen LogP contribution in [0.3, 0.4) is 0 Å². The van der Waals surface area contributed by atoms with Gasteiger partial charge < -0.3 is 19.5 Å². The highest BCUT2D eigenvalue weighted by Gasteiger charge is 2.41. The number of amides is 2. The summed E-state index contributed by atoms with van der Waals surface area (Å²) in [4.78, 5) is 34.1. The number of hydrogen-bond donors (Lipinski definition) is 1. The van der Waals surface area contributed by atoms with E-state index >= 15 is 0 Å². The highest BCUT2D eigenvalue weighted by atomic mass is 16.5. The number of para-hydroxylation sites is 1. The second-order valence-corrected chi connectivity index (χ2v) is 9.20. The molecule has 35 heavy (non-hydrogen) atoms. The molecule has 1 atom stereocenters. The molecule has 0 spiro atoms. The predicted octanol–water partition coefficient (Wildman–Crippen LogP) is 5.01. The molecule has 1 saturated heterocycles. The zero-order valence-electron chi connectivity index (χ0n) is 19.7. The molecule has 0 bridgehead atoms. The third-order valence-electron chi connectivity index (χ3n) is 7.20. The van der Waals surface area contributed by atoms with Crippen LogP contribution < -0.4 is 4.74 Å². The normalized spacial score (nSPS) is 17.3. The van der Waals surface area contributed by atoms with E-state index in [1.807, 2.05) is 71.6 Å². The summed E-state index contributed by atoms with van der Waals surface area (Å²) in [7, 11) is 1.66. The van der Waals surface area contributed by atoms with Gasteiger partial charge in [0.25, 0.3) is 5.91 Å². The molecule has 176 valence electrons. The second-order valence-electron chi connectivity index (χ2n) is 9.20. The lowest BCUT2D eigenvalue weighted by molar-refractivity contribution is -0.131. The molecule has 2 aliphatic rings. The maximum Gasteiger partial charge on any atom is 0.255 e. The summed E-state index contributed by atoms with van der Waals surface area (Å²) in [6, 6.07) is 23.4. The minimum absolute atomic E-state index is 0.0106. The third-order valence-corrected chi connectivity index (χ3v) is 7.20. The van der Waals surface area contributed by atoms with Crippen LogP contribution in [0.25, 0.3) is 22.2 Å². The number of likely N-dealkylation sites (tertiary alicyclic amines) is 1. The molecule has 0 saturated carbocycles. The zero-order valence-corrected chi connectivity index (χ0v) is 19.7. The van der Waals surface area contributed by atoms with Gasteiger partial charge in [-0.2, -0.15) is 0 Å². The van der Waals surface area contributed by atoms with Crippen LogP contribution in [0, 0.1) is 0 Å². The van der Waals surface area contributed by atoms with Gasteiger partial charge in [-0.3, -0.25) is 9.59 Å². The average Bonchev–Trinajstić information content (AvgIpc) is 3.62. The summed E-state index contributed by atoms with van der Waals surface area (Å²) < 4.78 is 5.49. The fourth-order valence-electron chi connectivity index (χ4n) is 5.51. The van der Waals surface area contributed by atoms with E-state index in [9.17, 15) is 9.59 Å². The molecular weight excluding hydrogens is 438 g/mol. The van der Waals surface area contributed by atoms with Crippen molar-refractivity contribution in [2.45, 2.75) is 18.9 Å². The van der Waals surface area contributed by atoms with E-state index in [0.717, 1.165) is 65.0 Å². The van der Waals surface area contributed by atoms with E-state index in [1.165, 1.54) is 0 Å². The Morgan fingerprint density at radius 3 is 2.60 bits per heavy atom. The van der Waals surface area contributed by atoms with Crippen molar-refractivity contribution in [1.82, 2.24) is 14.8 Å². The van der Waals surface area contributed by atoms with Crippen LogP contribution in [-0.2, 0) is 4.79 Å². The van der Waals surface area contributed by atoms with E-state index in [1.54, 1.807) is 12.0 Å². The summed E-state index contributed by atoms with van der Waals surface area (Å²) in [5, 5.41) is 1.04. The molecule has 2 amide bonds. The van der Waals surface area contributed by atoms with Crippen molar-refractivity contribution < 1.29 is 14.3 Å². The number of carbonyl (C=O) groups is 2. The Morgan fingerprint density at radius 1 is 1.00 bits per heavy atom. The van der Waals surface area contributed by atoms with Gasteiger partial charge in [-0.05, 0) is 42.7 Å². The molecule has 1 aromatic heterocycles. The Kier molecular flexibility index (Phi) is 5.29. The number of methoxy groups -OCH3 is 1. The first-order valence-corrected chi connectivity index (χ1v) is 12.1. The number of fused-ring (bicyclic) bond motifs is 2. The van der Waals surface area contributed by atoms with Crippen molar-refractivity contribution in [3.05, 3.63) is 89.5 Å². The minimum atomic E-state index is -0.373. The first-order chi connectivity index (χ1) is 17.2. The highest BCUT2D eigenvalue weighted by Crippen LogP contribution is 2.45. The summed E-state index contributed by atoms with van der Waals surface area (Å²) >= 11 is 0. The Labute approximate surface area is 204 Å². The molecule has 3 heterocycles. The number of nitrogens with zero attached hydrogens (tertiary/aromatic N) is 2. The lowest BCUT2D eigenvalue weighted by atomic mass is 9.93. The van der Waals surface area contributed by atoms with Crippen LogP contribution in [0.1, 0.15) is 40.4 Å². The standard InChI is InChI=1S/C29H27N3O3/c1-35-20-10-8-9-19(17-20)27-26(23-13-4-5-14-24(23)30-27)28-21-11-2-3-12-22(21)29(34)32(28)18-25(33)31-15-6-7-16-31/h2-5,8-14,17,28,30H,6-7,15-16,18H2,1H3/t28-/m0/s1. The van der Waals surface area contributed by atoms with Crippen molar-refractivity contribution in [2.24, 2.45) is 0 Å². The average molecular weight is 466 g/mol. The van der Waals surface area contributed by atoms with Gasteiger partial charge in [0.2, 0.25) is 5.91 Å². The quantitative estimate of drug-likeness (QED) is 0.451. The molecule has 1 fully saturated rings. The van der Waals surface area contributed by atoms with E-state index in [0.29, 0.717) is 5.56 Å². The van der Waals surface area contributed by atoms with Gasteiger partial charge >= 0.3 is 0 Å². The summed E-state index contributed by atoms with van der Waals surface area (Å²) in [6.45, 7) is 1.59. The van der Waals surface area contributed by atoms with E-state index in [-0.39, 0.29) is 24.4 Å². The highest BCUT2D eigenvalue weighted by molar-refractivity contribution is 6.03. The minimum Gasteiger partial charge on any atom is -0.497 e. The summed E-state index contributed by atoms with van der Waals surface area (Å²) in [6.07, 6.45) is 2.04. The van der Waals surface area contributed by atoms with E-state index in [2.05, 4.69) is 11.1 Å². The number of benzene rings is 3. The van der Waals surface area contributed by atoms with Crippen LogP contribution in [0.5, 0.6) is 5.75 Å². The second kappa shape index (κ2) is 8.62. The van der Waals surface area contributed by atoms with Gasteiger partial charge in [0.05, 0.1) is 18.8 Å². The first-order valence-electron chi connectivity index (χ1n) is 12.1. The number of carbonyl (C=O) groups excluding carboxylic acids is 2. The summed E-state index contributed by atoms with van der Waals surface area (Å²) in [5.41, 5.74) is 5.48. The van der Waals surface area contributed by atoms with Crippen molar-refractivity contribution in [3.8, 4) is 17.0 Å². The van der Waals surface area contributed by atoms with Gasteiger partial charge in [-0.15, -0.1) is 0 Å². The largest absolute Gasteiger partial charge is 0.497 e. The van der Waals surface area contributed by atoms with Crippen molar-refractivity contribution in [1.29, 1.82) is 0 Å². The Bertz CT molecular complexity index is 1430. The van der Waals surface area contributed by atoms with Gasteiger partial charge in [-0.1, -0.05) is 48.5 Å². The van der Waals surface area contributed by atoms with E-state index in [4.69, 9.17) is 4.74 Å². The fourth-order valence-corrected chi connectivity index (χ4v) is 5.51. The molecule has 1 N–H and O–H groups in total. The van der Waals surface area contributed by atoms with Crippen LogP contribution in [0.4, 0.5) is 0 Å².